The summed E-state index contributed by atoms with van der Waals surface area (Å²) in [4.78, 5) is 17.7. The van der Waals surface area contributed by atoms with Crippen LogP contribution in [0.4, 0.5) is 13.2 Å². The van der Waals surface area contributed by atoms with Gasteiger partial charge in [0.2, 0.25) is 11.7 Å². The lowest BCUT2D eigenvalue weighted by Crippen LogP contribution is -2.49. The molecule has 0 bridgehead atoms. The Bertz CT molecular complexity index is 1450. The number of halogens is 3. The standard InChI is InChI=1S/C30H28F3N3O3/c1-18-10-19(2)12-21(11-18)13-26(23-4-3-5-25(14-23)30(31,32)33)28-34-27(35-39-28)22-8-6-20(7-9-22)15-36-16-24(17-36)29(37)38/h3-12,14,24,26H,13,15-17H2,1-2H3,(H,37,38). The van der Waals surface area contributed by atoms with Crippen molar-refractivity contribution >= 4 is 5.97 Å². The molecule has 4 aromatic rings. The van der Waals surface area contributed by atoms with Gasteiger partial charge < -0.3 is 9.63 Å². The van der Waals surface area contributed by atoms with E-state index in [9.17, 15) is 18.0 Å². The molecule has 1 aliphatic rings. The summed E-state index contributed by atoms with van der Waals surface area (Å²) in [5.41, 5.74) is 4.57. The van der Waals surface area contributed by atoms with Gasteiger partial charge in [0.15, 0.2) is 0 Å². The number of likely N-dealkylation sites (tertiary alicyclic amines) is 1. The summed E-state index contributed by atoms with van der Waals surface area (Å²) in [6.45, 7) is 5.67. The van der Waals surface area contributed by atoms with Crippen LogP contribution in [0, 0.1) is 19.8 Å². The SMILES string of the molecule is Cc1cc(C)cc(CC(c2cccc(C(F)(F)F)c2)c2nc(-c3ccc(CN4CC(C(=O)O)C4)cc3)no2)c1. The van der Waals surface area contributed by atoms with Gasteiger partial charge in [-0.2, -0.15) is 18.2 Å². The van der Waals surface area contributed by atoms with Gasteiger partial charge in [0.05, 0.1) is 17.4 Å². The van der Waals surface area contributed by atoms with E-state index in [1.807, 2.05) is 56.3 Å². The minimum atomic E-state index is -4.47. The second kappa shape index (κ2) is 10.6. The fraction of sp³-hybridized carbons (Fsp3) is 0.300. The molecule has 1 aromatic heterocycles. The molecule has 1 saturated heterocycles. The van der Waals surface area contributed by atoms with Gasteiger partial charge in [-0.25, -0.2) is 0 Å². The van der Waals surface area contributed by atoms with E-state index in [0.29, 0.717) is 37.4 Å². The van der Waals surface area contributed by atoms with Gasteiger partial charge >= 0.3 is 12.1 Å². The van der Waals surface area contributed by atoms with Crippen molar-refractivity contribution in [2.24, 2.45) is 5.92 Å². The summed E-state index contributed by atoms with van der Waals surface area (Å²) in [5, 5.41) is 13.2. The van der Waals surface area contributed by atoms with Crippen LogP contribution in [0.1, 0.15) is 45.2 Å². The molecule has 1 unspecified atom stereocenters. The maximum atomic E-state index is 13.5. The van der Waals surface area contributed by atoms with Crippen molar-refractivity contribution in [1.29, 1.82) is 0 Å². The Hall–Kier alpha value is -3.98. The third kappa shape index (κ3) is 6.20. The lowest BCUT2D eigenvalue weighted by atomic mass is 9.89. The molecule has 0 spiro atoms. The number of hydrogen-bond acceptors (Lipinski definition) is 5. The van der Waals surface area contributed by atoms with Crippen LogP contribution >= 0.6 is 0 Å². The van der Waals surface area contributed by atoms with Crippen LogP contribution in [-0.2, 0) is 23.9 Å². The van der Waals surface area contributed by atoms with E-state index in [1.54, 1.807) is 6.07 Å². The monoisotopic (exact) mass is 535 g/mol. The molecule has 6 nitrogen and oxygen atoms in total. The van der Waals surface area contributed by atoms with Gasteiger partial charge in [-0.1, -0.05) is 76.9 Å². The number of hydrogen-bond donors (Lipinski definition) is 1. The van der Waals surface area contributed by atoms with Gasteiger partial charge in [0.25, 0.3) is 0 Å². The average Bonchev–Trinajstić information content (AvgIpc) is 3.33. The van der Waals surface area contributed by atoms with E-state index in [1.165, 1.54) is 6.07 Å². The number of benzene rings is 3. The van der Waals surface area contributed by atoms with Crippen LogP contribution in [0.25, 0.3) is 11.4 Å². The zero-order chi connectivity index (χ0) is 27.7. The molecule has 39 heavy (non-hydrogen) atoms. The van der Waals surface area contributed by atoms with Crippen molar-refractivity contribution in [2.75, 3.05) is 13.1 Å². The number of rotatable bonds is 8. The molecule has 0 amide bonds. The number of nitrogens with zero attached hydrogens (tertiary/aromatic N) is 3. The van der Waals surface area contributed by atoms with E-state index < -0.39 is 23.6 Å². The summed E-state index contributed by atoms with van der Waals surface area (Å²) in [5.74, 6) is -1.05. The van der Waals surface area contributed by atoms with Crippen LogP contribution in [0.15, 0.2) is 71.3 Å². The molecule has 0 radical (unpaired) electrons. The van der Waals surface area contributed by atoms with E-state index in [-0.39, 0.29) is 11.8 Å². The number of aryl methyl sites for hydroxylation is 2. The highest BCUT2D eigenvalue weighted by Crippen LogP contribution is 2.35. The molecule has 202 valence electrons. The molecule has 5 rings (SSSR count). The summed E-state index contributed by atoms with van der Waals surface area (Å²) < 4.78 is 46.2. The smallest absolute Gasteiger partial charge is 0.416 e. The molecule has 9 heteroatoms. The van der Waals surface area contributed by atoms with Crippen molar-refractivity contribution in [3.05, 3.63) is 106 Å². The molecule has 1 N–H and O–H groups in total. The van der Waals surface area contributed by atoms with Gasteiger partial charge in [-0.3, -0.25) is 9.69 Å². The molecule has 2 heterocycles. The quantitative estimate of drug-likeness (QED) is 0.287. The summed E-state index contributed by atoms with van der Waals surface area (Å²) in [6, 6.07) is 18.9. The van der Waals surface area contributed by atoms with Crippen LogP contribution < -0.4 is 0 Å². The summed E-state index contributed by atoms with van der Waals surface area (Å²) in [7, 11) is 0. The number of aromatic nitrogens is 2. The lowest BCUT2D eigenvalue weighted by molar-refractivity contribution is -0.147. The van der Waals surface area contributed by atoms with Crippen LogP contribution in [0.3, 0.4) is 0 Å². The molecule has 1 aliphatic heterocycles. The average molecular weight is 536 g/mol. The molecule has 1 fully saturated rings. The van der Waals surface area contributed by atoms with Crippen LogP contribution in [0.2, 0.25) is 0 Å². The minimum Gasteiger partial charge on any atom is -0.481 e. The molecule has 1 atom stereocenters. The third-order valence-corrected chi connectivity index (χ3v) is 7.00. The van der Waals surface area contributed by atoms with E-state index in [4.69, 9.17) is 9.63 Å². The molecule has 0 saturated carbocycles. The number of carboxylic acid groups (broad SMARTS) is 1. The Balaban J connectivity index is 1.40. The first-order valence-corrected chi connectivity index (χ1v) is 12.7. The summed E-state index contributed by atoms with van der Waals surface area (Å²) in [6.07, 6.45) is -4.07. The van der Waals surface area contributed by atoms with Gasteiger partial charge in [-0.15, -0.1) is 0 Å². The van der Waals surface area contributed by atoms with E-state index in [0.717, 1.165) is 39.9 Å². The maximum Gasteiger partial charge on any atom is 0.416 e. The third-order valence-electron chi connectivity index (χ3n) is 7.00. The second-order valence-corrected chi connectivity index (χ2v) is 10.3. The molecular weight excluding hydrogens is 507 g/mol. The predicted molar refractivity (Wildman–Crippen MR) is 139 cm³/mol. The van der Waals surface area contributed by atoms with Crippen molar-refractivity contribution in [3.8, 4) is 11.4 Å². The number of carbonyl (C=O) groups is 1. The fourth-order valence-corrected chi connectivity index (χ4v) is 5.07. The Morgan fingerprint density at radius 3 is 2.36 bits per heavy atom. The Morgan fingerprint density at radius 1 is 1.03 bits per heavy atom. The van der Waals surface area contributed by atoms with Crippen LogP contribution in [-0.4, -0.2) is 39.2 Å². The van der Waals surface area contributed by atoms with Gasteiger partial charge in [0, 0.05) is 25.2 Å². The number of alkyl halides is 3. The van der Waals surface area contributed by atoms with Crippen molar-refractivity contribution in [1.82, 2.24) is 15.0 Å². The van der Waals surface area contributed by atoms with Crippen molar-refractivity contribution in [2.45, 2.75) is 38.9 Å². The second-order valence-electron chi connectivity index (χ2n) is 10.3. The zero-order valence-electron chi connectivity index (χ0n) is 21.6. The number of carboxylic acids is 1. The molecule has 3 aromatic carbocycles. The Kier molecular flexibility index (Phi) is 7.27. The topological polar surface area (TPSA) is 79.5 Å². The van der Waals surface area contributed by atoms with E-state index in [2.05, 4.69) is 15.0 Å². The first-order valence-electron chi connectivity index (χ1n) is 12.7. The number of aliphatic carboxylic acids is 1. The first-order chi connectivity index (χ1) is 18.5. The maximum absolute atomic E-state index is 13.5. The molecular formula is C30H28F3N3O3. The predicted octanol–water partition coefficient (Wildman–Crippen LogP) is 6.26. The normalized spacial score (nSPS) is 15.2. The highest BCUT2D eigenvalue weighted by atomic mass is 19.4. The van der Waals surface area contributed by atoms with Crippen LogP contribution in [0.5, 0.6) is 0 Å². The first kappa shape index (κ1) is 26.6. The lowest BCUT2D eigenvalue weighted by Gasteiger charge is -2.36. The highest BCUT2D eigenvalue weighted by Gasteiger charge is 2.33. The van der Waals surface area contributed by atoms with E-state index >= 15 is 0 Å². The highest BCUT2D eigenvalue weighted by molar-refractivity contribution is 5.71. The minimum absolute atomic E-state index is 0.243. The Labute approximate surface area is 224 Å². The molecule has 0 aliphatic carbocycles. The van der Waals surface area contributed by atoms with Gasteiger partial charge in [-0.05, 0) is 43.0 Å². The van der Waals surface area contributed by atoms with Crippen molar-refractivity contribution in [3.63, 3.8) is 0 Å². The van der Waals surface area contributed by atoms with Crippen molar-refractivity contribution < 1.29 is 27.6 Å². The summed E-state index contributed by atoms with van der Waals surface area (Å²) >= 11 is 0. The Morgan fingerprint density at radius 2 is 1.72 bits per heavy atom. The largest absolute Gasteiger partial charge is 0.481 e. The van der Waals surface area contributed by atoms with Gasteiger partial charge in [0.1, 0.15) is 0 Å². The zero-order valence-corrected chi connectivity index (χ0v) is 21.6. The fourth-order valence-electron chi connectivity index (χ4n) is 5.07.